The third-order valence-corrected chi connectivity index (χ3v) is 5.93. The summed E-state index contributed by atoms with van der Waals surface area (Å²) in [4.78, 5) is 55.0. The Balaban J connectivity index is 2.16. The summed E-state index contributed by atoms with van der Waals surface area (Å²) in [6.07, 6.45) is 0.808. The highest BCUT2D eigenvalue weighted by Crippen LogP contribution is 2.11. The lowest BCUT2D eigenvalue weighted by Crippen LogP contribution is -2.56. The van der Waals surface area contributed by atoms with Crippen molar-refractivity contribution in [3.8, 4) is 5.75 Å². The van der Waals surface area contributed by atoms with Gasteiger partial charge in [-0.3, -0.25) is 24.2 Å². The number of ether oxygens (including phenoxy) is 1. The van der Waals surface area contributed by atoms with Crippen molar-refractivity contribution in [3.63, 3.8) is 0 Å². The predicted molar refractivity (Wildman–Crippen MR) is 153 cm³/mol. The van der Waals surface area contributed by atoms with Crippen LogP contribution in [-0.4, -0.2) is 72.6 Å². The van der Waals surface area contributed by atoms with E-state index in [2.05, 4.69) is 20.9 Å². The van der Waals surface area contributed by atoms with Crippen molar-refractivity contribution < 1.29 is 29.0 Å². The van der Waals surface area contributed by atoms with Gasteiger partial charge in [0.15, 0.2) is 5.96 Å². The van der Waals surface area contributed by atoms with Crippen molar-refractivity contribution in [1.29, 1.82) is 0 Å². The van der Waals surface area contributed by atoms with Crippen LogP contribution in [0, 0.1) is 0 Å². The molecular formula is C28H39N7O6. The van der Waals surface area contributed by atoms with Gasteiger partial charge in [-0.25, -0.2) is 0 Å². The second-order valence-electron chi connectivity index (χ2n) is 9.26. The number of guanidine groups is 1. The van der Waals surface area contributed by atoms with Gasteiger partial charge in [-0.2, -0.15) is 0 Å². The number of nitrogens with zero attached hydrogens (tertiary/aromatic N) is 1. The van der Waals surface area contributed by atoms with Gasteiger partial charge in [0.1, 0.15) is 24.4 Å². The molecule has 0 aliphatic rings. The normalized spacial score (nSPS) is 12.7. The van der Waals surface area contributed by atoms with Gasteiger partial charge in [0.2, 0.25) is 17.7 Å². The van der Waals surface area contributed by atoms with Crippen molar-refractivity contribution in [2.45, 2.75) is 50.7 Å². The monoisotopic (exact) mass is 569 g/mol. The molecule has 2 aromatic rings. The molecule has 0 fully saturated rings. The van der Waals surface area contributed by atoms with Gasteiger partial charge in [-0.15, -0.1) is 0 Å². The van der Waals surface area contributed by atoms with Crippen LogP contribution in [0.4, 0.5) is 0 Å². The zero-order valence-corrected chi connectivity index (χ0v) is 23.0. The standard InChI is InChI=1S/C28H39N7O6/c1-2-41-24(37)17-33-26(39)23(16-18-7-4-3-5-8-18)35-27(40)22(9-6-14-32-28(30)31)34-25(38)21(29)15-19-10-12-20(36)13-11-19/h3-5,7-8,10-13,21-23,36H,2,6,9,14-17,29H2,1H3,(H,33,39)(H,34,38)(H,35,40)(H4,30,31,32)/t21-,22-,23-/m0/s1. The molecule has 222 valence electrons. The summed E-state index contributed by atoms with van der Waals surface area (Å²) in [5.74, 6) is -2.42. The maximum absolute atomic E-state index is 13.4. The Kier molecular flexibility index (Phi) is 13.6. The van der Waals surface area contributed by atoms with Crippen molar-refractivity contribution in [1.82, 2.24) is 16.0 Å². The SMILES string of the molecule is CCOC(=O)CNC(=O)[C@H](Cc1ccccc1)NC(=O)[C@H](CCCN=C(N)N)NC(=O)[C@@H](N)Cc1ccc(O)cc1. The molecule has 10 N–H and O–H groups in total. The molecule has 3 atom stereocenters. The largest absolute Gasteiger partial charge is 0.508 e. The van der Waals surface area contributed by atoms with E-state index in [1.54, 1.807) is 43.3 Å². The summed E-state index contributed by atoms with van der Waals surface area (Å²) >= 11 is 0. The van der Waals surface area contributed by atoms with E-state index in [4.69, 9.17) is 21.9 Å². The van der Waals surface area contributed by atoms with Crippen molar-refractivity contribution in [2.75, 3.05) is 19.7 Å². The minimum Gasteiger partial charge on any atom is -0.508 e. The number of benzene rings is 2. The Morgan fingerprint density at radius 3 is 2.15 bits per heavy atom. The number of aliphatic imine (C=N–C) groups is 1. The van der Waals surface area contributed by atoms with Crippen molar-refractivity contribution >= 4 is 29.7 Å². The number of hydrogen-bond donors (Lipinski definition) is 7. The quantitative estimate of drug-likeness (QED) is 0.0581. The molecule has 0 unspecified atom stereocenters. The Hall–Kier alpha value is -4.65. The summed E-state index contributed by atoms with van der Waals surface area (Å²) in [5.41, 5.74) is 18.4. The van der Waals surface area contributed by atoms with Crippen LogP contribution in [-0.2, 0) is 36.8 Å². The number of nitrogens with one attached hydrogen (secondary N) is 3. The number of carbonyl (C=O) groups is 4. The zero-order valence-electron chi connectivity index (χ0n) is 23.0. The van der Waals surface area contributed by atoms with E-state index < -0.39 is 41.8 Å². The van der Waals surface area contributed by atoms with Gasteiger partial charge in [0, 0.05) is 13.0 Å². The molecule has 0 bridgehead atoms. The Morgan fingerprint density at radius 2 is 1.51 bits per heavy atom. The van der Waals surface area contributed by atoms with Crippen LogP contribution >= 0.6 is 0 Å². The van der Waals surface area contributed by atoms with E-state index in [1.807, 2.05) is 6.07 Å². The van der Waals surface area contributed by atoms with E-state index >= 15 is 0 Å². The van der Waals surface area contributed by atoms with Gasteiger partial charge >= 0.3 is 5.97 Å². The first kappa shape index (κ1) is 32.6. The summed E-state index contributed by atoms with van der Waals surface area (Å²) in [6, 6.07) is 12.2. The number of hydrogen-bond acceptors (Lipinski definition) is 8. The van der Waals surface area contributed by atoms with Crippen LogP contribution in [0.1, 0.15) is 30.9 Å². The van der Waals surface area contributed by atoms with Crippen LogP contribution in [0.15, 0.2) is 59.6 Å². The first-order valence-corrected chi connectivity index (χ1v) is 13.3. The lowest BCUT2D eigenvalue weighted by molar-refractivity contribution is -0.143. The maximum atomic E-state index is 13.4. The van der Waals surface area contributed by atoms with E-state index in [1.165, 1.54) is 12.1 Å². The number of amides is 3. The second kappa shape index (κ2) is 17.1. The second-order valence-corrected chi connectivity index (χ2v) is 9.26. The van der Waals surface area contributed by atoms with Gasteiger partial charge in [0.05, 0.1) is 12.6 Å². The number of rotatable bonds is 16. The first-order chi connectivity index (χ1) is 19.6. The lowest BCUT2D eigenvalue weighted by atomic mass is 10.0. The molecule has 13 nitrogen and oxygen atoms in total. The van der Waals surface area contributed by atoms with Crippen LogP contribution in [0.2, 0.25) is 0 Å². The third-order valence-electron chi connectivity index (χ3n) is 5.93. The average Bonchev–Trinajstić information content (AvgIpc) is 2.94. The molecule has 0 aromatic heterocycles. The molecule has 13 heteroatoms. The molecule has 41 heavy (non-hydrogen) atoms. The van der Waals surface area contributed by atoms with Gasteiger partial charge in [0.25, 0.3) is 0 Å². The molecule has 0 saturated heterocycles. The van der Waals surface area contributed by atoms with Crippen LogP contribution < -0.4 is 33.2 Å². The fourth-order valence-corrected chi connectivity index (χ4v) is 3.86. The molecule has 0 saturated carbocycles. The molecule has 3 amide bonds. The fraction of sp³-hybridized carbons (Fsp3) is 0.393. The molecule has 2 rings (SSSR count). The summed E-state index contributed by atoms with van der Waals surface area (Å²) in [6.45, 7) is 1.67. The number of aromatic hydroxyl groups is 1. The minimum atomic E-state index is -1.06. The van der Waals surface area contributed by atoms with Crippen LogP contribution in [0.25, 0.3) is 0 Å². The smallest absolute Gasteiger partial charge is 0.325 e. The number of carbonyl (C=O) groups excluding carboxylic acids is 4. The van der Waals surface area contributed by atoms with Gasteiger partial charge in [-0.05, 0) is 49.4 Å². The van der Waals surface area contributed by atoms with E-state index in [9.17, 15) is 24.3 Å². The molecular weight excluding hydrogens is 530 g/mol. The molecule has 2 aromatic carbocycles. The highest BCUT2D eigenvalue weighted by Gasteiger charge is 2.28. The molecule has 0 heterocycles. The number of esters is 1. The fourth-order valence-electron chi connectivity index (χ4n) is 3.86. The first-order valence-electron chi connectivity index (χ1n) is 13.3. The third kappa shape index (κ3) is 12.4. The lowest BCUT2D eigenvalue weighted by Gasteiger charge is -2.24. The molecule has 0 spiro atoms. The zero-order chi connectivity index (χ0) is 30.2. The average molecular weight is 570 g/mol. The Bertz CT molecular complexity index is 1170. The van der Waals surface area contributed by atoms with Crippen LogP contribution in [0.3, 0.4) is 0 Å². The number of phenols is 1. The molecule has 0 aliphatic heterocycles. The molecule has 0 aliphatic carbocycles. The highest BCUT2D eigenvalue weighted by molar-refractivity contribution is 5.94. The number of phenolic OH excluding ortho intramolecular Hbond substituents is 1. The Labute approximate surface area is 238 Å². The summed E-state index contributed by atoms with van der Waals surface area (Å²) in [5, 5.41) is 17.3. The van der Waals surface area contributed by atoms with Gasteiger partial charge in [-0.1, -0.05) is 42.5 Å². The van der Waals surface area contributed by atoms with E-state index in [0.29, 0.717) is 6.42 Å². The predicted octanol–water partition coefficient (Wildman–Crippen LogP) is -0.793. The van der Waals surface area contributed by atoms with Crippen molar-refractivity contribution in [3.05, 3.63) is 65.7 Å². The summed E-state index contributed by atoms with van der Waals surface area (Å²) in [7, 11) is 0. The molecule has 0 radical (unpaired) electrons. The van der Waals surface area contributed by atoms with Gasteiger partial charge < -0.3 is 43.0 Å². The Morgan fingerprint density at radius 1 is 0.878 bits per heavy atom. The topological polar surface area (TPSA) is 224 Å². The number of nitrogens with two attached hydrogens (primary N) is 3. The van der Waals surface area contributed by atoms with E-state index in [0.717, 1.165) is 11.1 Å². The minimum absolute atomic E-state index is 0.0839. The summed E-state index contributed by atoms with van der Waals surface area (Å²) < 4.78 is 4.85. The van der Waals surface area contributed by atoms with E-state index in [-0.39, 0.29) is 50.7 Å². The highest BCUT2D eigenvalue weighted by atomic mass is 16.5. The maximum Gasteiger partial charge on any atom is 0.325 e. The van der Waals surface area contributed by atoms with Crippen LogP contribution in [0.5, 0.6) is 5.75 Å². The van der Waals surface area contributed by atoms with Crippen molar-refractivity contribution in [2.24, 2.45) is 22.2 Å².